The zero-order valence-corrected chi connectivity index (χ0v) is 15.5. The zero-order valence-electron chi connectivity index (χ0n) is 15.5. The van der Waals surface area contributed by atoms with Crippen LogP contribution in [0.4, 0.5) is 5.82 Å². The van der Waals surface area contributed by atoms with Gasteiger partial charge in [-0.15, -0.1) is 15.3 Å². The predicted molar refractivity (Wildman–Crippen MR) is 103 cm³/mol. The van der Waals surface area contributed by atoms with E-state index in [1.807, 2.05) is 19.1 Å². The number of hydrogen-bond acceptors (Lipinski definition) is 5. The van der Waals surface area contributed by atoms with Gasteiger partial charge in [-0.2, -0.15) is 4.52 Å². The summed E-state index contributed by atoms with van der Waals surface area (Å²) in [6.07, 6.45) is 2.54. The van der Waals surface area contributed by atoms with Crippen LogP contribution in [-0.4, -0.2) is 44.3 Å². The van der Waals surface area contributed by atoms with Gasteiger partial charge in [0.15, 0.2) is 11.5 Å². The third-order valence-electron chi connectivity index (χ3n) is 5.34. The van der Waals surface area contributed by atoms with E-state index in [4.69, 9.17) is 0 Å². The monoisotopic (exact) mass is 350 g/mol. The summed E-state index contributed by atoms with van der Waals surface area (Å²) in [7, 11) is 0. The van der Waals surface area contributed by atoms with Gasteiger partial charge in [0, 0.05) is 6.54 Å². The molecule has 0 amide bonds. The van der Waals surface area contributed by atoms with Crippen molar-refractivity contribution in [3.05, 3.63) is 53.9 Å². The molecule has 1 N–H and O–H groups in total. The number of benzene rings is 1. The van der Waals surface area contributed by atoms with Crippen LogP contribution in [0, 0.1) is 12.8 Å². The quantitative estimate of drug-likeness (QED) is 0.765. The van der Waals surface area contributed by atoms with Crippen molar-refractivity contribution < 1.29 is 0 Å². The van der Waals surface area contributed by atoms with Crippen LogP contribution in [-0.2, 0) is 0 Å². The molecular formula is C20H26N6. The molecule has 1 unspecified atom stereocenters. The summed E-state index contributed by atoms with van der Waals surface area (Å²) >= 11 is 0. The van der Waals surface area contributed by atoms with Crippen molar-refractivity contribution in [2.75, 3.05) is 25.0 Å². The number of fused-ring (bicyclic) bond motifs is 1. The van der Waals surface area contributed by atoms with E-state index >= 15 is 0 Å². The number of likely N-dealkylation sites (tertiary alicyclic amines) is 1. The van der Waals surface area contributed by atoms with Crippen LogP contribution in [0.25, 0.3) is 5.65 Å². The number of rotatable bonds is 5. The maximum Gasteiger partial charge on any atom is 0.178 e. The molecule has 0 saturated carbocycles. The number of hydrogen-bond donors (Lipinski definition) is 1. The highest BCUT2D eigenvalue weighted by atomic mass is 15.4. The van der Waals surface area contributed by atoms with E-state index in [0.29, 0.717) is 6.04 Å². The molecule has 0 spiro atoms. The maximum absolute atomic E-state index is 4.62. The van der Waals surface area contributed by atoms with E-state index in [0.717, 1.165) is 42.8 Å². The summed E-state index contributed by atoms with van der Waals surface area (Å²) in [4.78, 5) is 2.60. The summed E-state index contributed by atoms with van der Waals surface area (Å²) in [5, 5.41) is 16.3. The minimum atomic E-state index is 0.350. The van der Waals surface area contributed by atoms with Gasteiger partial charge in [-0.05, 0) is 56.5 Å². The number of anilines is 1. The minimum absolute atomic E-state index is 0.350. The van der Waals surface area contributed by atoms with Crippen LogP contribution < -0.4 is 5.32 Å². The van der Waals surface area contributed by atoms with Gasteiger partial charge in [0.2, 0.25) is 0 Å². The Balaban J connectivity index is 1.53. The lowest BCUT2D eigenvalue weighted by Gasteiger charge is -2.37. The van der Waals surface area contributed by atoms with Crippen molar-refractivity contribution in [1.29, 1.82) is 0 Å². The molecule has 1 aromatic carbocycles. The largest absolute Gasteiger partial charge is 0.367 e. The van der Waals surface area contributed by atoms with Gasteiger partial charge in [0.1, 0.15) is 5.82 Å². The minimum Gasteiger partial charge on any atom is -0.367 e. The molecule has 3 heterocycles. The predicted octanol–water partition coefficient (Wildman–Crippen LogP) is 3.32. The first-order valence-corrected chi connectivity index (χ1v) is 9.42. The van der Waals surface area contributed by atoms with Gasteiger partial charge in [-0.25, -0.2) is 0 Å². The van der Waals surface area contributed by atoms with E-state index in [9.17, 15) is 0 Å². The highest BCUT2D eigenvalue weighted by Gasteiger charge is 2.24. The first-order valence-electron chi connectivity index (χ1n) is 9.42. The van der Waals surface area contributed by atoms with E-state index in [-0.39, 0.29) is 0 Å². The smallest absolute Gasteiger partial charge is 0.178 e. The molecule has 1 fully saturated rings. The van der Waals surface area contributed by atoms with Gasteiger partial charge in [0.25, 0.3) is 0 Å². The summed E-state index contributed by atoms with van der Waals surface area (Å²) < 4.78 is 1.78. The number of aryl methyl sites for hydroxylation is 1. The first-order chi connectivity index (χ1) is 12.7. The highest BCUT2D eigenvalue weighted by Crippen LogP contribution is 2.27. The summed E-state index contributed by atoms with van der Waals surface area (Å²) in [5.74, 6) is 2.48. The van der Waals surface area contributed by atoms with Gasteiger partial charge >= 0.3 is 0 Å². The standard InChI is InChI=1S/C20H26N6/c1-15-10-12-25(13-11-15)18(17-6-4-3-5-7-17)14-21-19-8-9-20-23-22-16(2)26(20)24-19/h3-9,15,18H,10-14H2,1-2H3,(H,21,24). The van der Waals surface area contributed by atoms with E-state index < -0.39 is 0 Å². The topological polar surface area (TPSA) is 58.4 Å². The van der Waals surface area contributed by atoms with Crippen LogP contribution in [0.3, 0.4) is 0 Å². The molecule has 4 rings (SSSR count). The Morgan fingerprint density at radius 2 is 1.85 bits per heavy atom. The summed E-state index contributed by atoms with van der Waals surface area (Å²) in [6.45, 7) is 7.41. The molecule has 3 aromatic rings. The average molecular weight is 350 g/mol. The molecule has 1 atom stereocenters. The lowest BCUT2D eigenvalue weighted by Crippen LogP contribution is -2.39. The molecule has 2 aromatic heterocycles. The lowest BCUT2D eigenvalue weighted by molar-refractivity contribution is 0.143. The van der Waals surface area contributed by atoms with Crippen LogP contribution >= 0.6 is 0 Å². The molecule has 136 valence electrons. The molecule has 1 aliphatic heterocycles. The van der Waals surface area contributed by atoms with Crippen LogP contribution in [0.2, 0.25) is 0 Å². The molecule has 6 nitrogen and oxygen atoms in total. The fourth-order valence-corrected chi connectivity index (χ4v) is 3.66. The van der Waals surface area contributed by atoms with Gasteiger partial charge < -0.3 is 5.32 Å². The van der Waals surface area contributed by atoms with E-state index in [1.54, 1.807) is 4.52 Å². The normalized spacial score (nSPS) is 17.5. The second-order valence-corrected chi connectivity index (χ2v) is 7.26. The van der Waals surface area contributed by atoms with Crippen molar-refractivity contribution in [3.8, 4) is 0 Å². The number of aromatic nitrogens is 4. The number of nitrogens with one attached hydrogen (secondary N) is 1. The maximum atomic E-state index is 4.62. The third-order valence-corrected chi connectivity index (χ3v) is 5.34. The molecule has 0 aliphatic carbocycles. The Morgan fingerprint density at radius 3 is 2.62 bits per heavy atom. The van der Waals surface area contributed by atoms with Crippen molar-refractivity contribution in [3.63, 3.8) is 0 Å². The zero-order chi connectivity index (χ0) is 17.9. The SMILES string of the molecule is Cc1nnc2ccc(NCC(c3ccccc3)N3CCC(C)CC3)nn12. The molecule has 1 aliphatic rings. The average Bonchev–Trinajstić information content (AvgIpc) is 3.05. The molecule has 26 heavy (non-hydrogen) atoms. The second kappa shape index (κ2) is 7.41. The second-order valence-electron chi connectivity index (χ2n) is 7.26. The van der Waals surface area contributed by atoms with Crippen LogP contribution in [0.5, 0.6) is 0 Å². The Labute approximate surface area is 154 Å². The molecular weight excluding hydrogens is 324 g/mol. The van der Waals surface area contributed by atoms with Gasteiger partial charge in [-0.3, -0.25) is 4.90 Å². The Hall–Kier alpha value is -2.47. The van der Waals surface area contributed by atoms with Crippen molar-refractivity contribution in [1.82, 2.24) is 24.7 Å². The van der Waals surface area contributed by atoms with E-state index in [2.05, 4.69) is 62.8 Å². The number of nitrogens with zero attached hydrogens (tertiary/aromatic N) is 5. The van der Waals surface area contributed by atoms with Crippen molar-refractivity contribution >= 4 is 11.5 Å². The molecule has 0 radical (unpaired) electrons. The molecule has 6 heteroatoms. The van der Waals surface area contributed by atoms with Crippen LogP contribution in [0.1, 0.15) is 37.2 Å². The highest BCUT2D eigenvalue weighted by molar-refractivity contribution is 5.44. The summed E-state index contributed by atoms with van der Waals surface area (Å²) in [6, 6.07) is 15.1. The lowest BCUT2D eigenvalue weighted by atomic mass is 9.95. The fraction of sp³-hybridized carbons (Fsp3) is 0.450. The number of piperidine rings is 1. The van der Waals surface area contributed by atoms with E-state index in [1.165, 1.54) is 18.4 Å². The van der Waals surface area contributed by atoms with Gasteiger partial charge in [0.05, 0.1) is 6.04 Å². The first kappa shape index (κ1) is 17.0. The van der Waals surface area contributed by atoms with Crippen molar-refractivity contribution in [2.24, 2.45) is 5.92 Å². The Bertz CT molecular complexity index is 851. The van der Waals surface area contributed by atoms with Crippen molar-refractivity contribution in [2.45, 2.75) is 32.7 Å². The van der Waals surface area contributed by atoms with Crippen LogP contribution in [0.15, 0.2) is 42.5 Å². The molecule has 0 bridgehead atoms. The Kier molecular flexibility index (Phi) is 4.84. The van der Waals surface area contributed by atoms with Gasteiger partial charge in [-0.1, -0.05) is 37.3 Å². The molecule has 1 saturated heterocycles. The summed E-state index contributed by atoms with van der Waals surface area (Å²) in [5.41, 5.74) is 2.13. The fourth-order valence-electron chi connectivity index (χ4n) is 3.66. The Morgan fingerprint density at radius 1 is 1.08 bits per heavy atom. The third kappa shape index (κ3) is 3.55.